The predicted molar refractivity (Wildman–Crippen MR) is 61.4 cm³/mol. The molecule has 0 saturated heterocycles. The summed E-state index contributed by atoms with van der Waals surface area (Å²) >= 11 is 0. The number of nitrogens with zero attached hydrogens (tertiary/aromatic N) is 1. The molecule has 0 spiro atoms. The third-order valence-corrected chi connectivity index (χ3v) is 2.78. The van der Waals surface area contributed by atoms with E-state index in [2.05, 4.69) is 0 Å². The Labute approximate surface area is 94.0 Å². The number of benzene rings is 1. The molecule has 1 fully saturated rings. The molecular weight excluding hydrogens is 210 g/mol. The van der Waals surface area contributed by atoms with Crippen LogP contribution in [0, 0.1) is 11.6 Å². The van der Waals surface area contributed by atoms with Crippen LogP contribution in [-0.4, -0.2) is 12.6 Å². The smallest absolute Gasteiger partial charge is 0.151 e. The van der Waals surface area contributed by atoms with Crippen LogP contribution in [0.2, 0.25) is 0 Å². The summed E-state index contributed by atoms with van der Waals surface area (Å²) in [5, 5.41) is 0. The predicted octanol–water partition coefficient (Wildman–Crippen LogP) is 2.93. The average Bonchev–Trinajstić information content (AvgIpc) is 2.97. The molecule has 0 amide bonds. The summed E-state index contributed by atoms with van der Waals surface area (Å²) in [5.74, 6) is -1.12. The molecule has 0 heterocycles. The second-order valence-electron chi connectivity index (χ2n) is 4.26. The van der Waals surface area contributed by atoms with E-state index in [-0.39, 0.29) is 11.4 Å². The van der Waals surface area contributed by atoms with Crippen molar-refractivity contribution < 1.29 is 8.78 Å². The van der Waals surface area contributed by atoms with Crippen LogP contribution >= 0.6 is 0 Å². The zero-order valence-electron chi connectivity index (χ0n) is 9.34. The molecule has 0 unspecified atom stereocenters. The summed E-state index contributed by atoms with van der Waals surface area (Å²) in [7, 11) is 0. The quantitative estimate of drug-likeness (QED) is 0.800. The summed E-state index contributed by atoms with van der Waals surface area (Å²) in [6.07, 6.45) is 2.91. The van der Waals surface area contributed by atoms with Crippen molar-refractivity contribution in [1.82, 2.24) is 0 Å². The van der Waals surface area contributed by atoms with E-state index in [4.69, 9.17) is 5.73 Å². The Balaban J connectivity index is 2.36. The Kier molecular flexibility index (Phi) is 2.99. The van der Waals surface area contributed by atoms with Crippen LogP contribution in [0.25, 0.3) is 0 Å². The maximum absolute atomic E-state index is 13.7. The highest BCUT2D eigenvalue weighted by molar-refractivity contribution is 5.57. The minimum absolute atomic E-state index is 0.0820. The van der Waals surface area contributed by atoms with Crippen molar-refractivity contribution in [1.29, 1.82) is 0 Å². The van der Waals surface area contributed by atoms with Gasteiger partial charge in [0.05, 0.1) is 0 Å². The topological polar surface area (TPSA) is 29.3 Å². The van der Waals surface area contributed by atoms with Gasteiger partial charge in [-0.3, -0.25) is 0 Å². The number of nitrogen functional groups attached to an aromatic ring is 1. The Hall–Kier alpha value is -1.32. The molecule has 1 aromatic carbocycles. The first-order valence-electron chi connectivity index (χ1n) is 5.64. The van der Waals surface area contributed by atoms with Gasteiger partial charge < -0.3 is 10.6 Å². The Morgan fingerprint density at radius 2 is 1.88 bits per heavy atom. The first-order valence-corrected chi connectivity index (χ1v) is 5.64. The summed E-state index contributed by atoms with van der Waals surface area (Å²) in [5.41, 5.74) is 5.61. The van der Waals surface area contributed by atoms with E-state index in [0.29, 0.717) is 12.6 Å². The number of nitrogens with two attached hydrogens (primary N) is 1. The summed E-state index contributed by atoms with van der Waals surface area (Å²) in [6, 6.07) is 2.67. The second kappa shape index (κ2) is 4.28. The fraction of sp³-hybridized carbons (Fsp3) is 0.500. The zero-order chi connectivity index (χ0) is 11.7. The summed E-state index contributed by atoms with van der Waals surface area (Å²) < 4.78 is 27.4. The van der Waals surface area contributed by atoms with Gasteiger partial charge in [0.25, 0.3) is 0 Å². The molecule has 0 aromatic heterocycles. The average molecular weight is 226 g/mol. The van der Waals surface area contributed by atoms with Gasteiger partial charge in [-0.25, -0.2) is 8.78 Å². The Morgan fingerprint density at radius 3 is 2.31 bits per heavy atom. The minimum Gasteiger partial charge on any atom is -0.399 e. The minimum atomic E-state index is -0.558. The van der Waals surface area contributed by atoms with Gasteiger partial charge in [0.15, 0.2) is 11.6 Å². The zero-order valence-corrected chi connectivity index (χ0v) is 9.34. The maximum Gasteiger partial charge on any atom is 0.151 e. The molecule has 2 nitrogen and oxygen atoms in total. The fourth-order valence-electron chi connectivity index (χ4n) is 1.96. The van der Waals surface area contributed by atoms with E-state index in [1.165, 1.54) is 12.1 Å². The molecule has 2 rings (SSSR count). The van der Waals surface area contributed by atoms with Crippen LogP contribution < -0.4 is 10.6 Å². The van der Waals surface area contributed by atoms with E-state index in [1.807, 2.05) is 11.8 Å². The van der Waals surface area contributed by atoms with Crippen LogP contribution in [0.4, 0.5) is 20.2 Å². The number of hydrogen-bond acceptors (Lipinski definition) is 2. The third-order valence-electron chi connectivity index (χ3n) is 2.78. The normalized spacial score (nSPS) is 15.2. The van der Waals surface area contributed by atoms with Gasteiger partial charge in [0, 0.05) is 18.3 Å². The Bertz CT molecular complexity index is 366. The van der Waals surface area contributed by atoms with Crippen LogP contribution in [0.5, 0.6) is 0 Å². The molecule has 4 heteroatoms. The van der Waals surface area contributed by atoms with Crippen molar-refractivity contribution in [2.45, 2.75) is 32.2 Å². The first kappa shape index (κ1) is 11.2. The van der Waals surface area contributed by atoms with E-state index in [0.717, 1.165) is 19.3 Å². The molecule has 1 aromatic rings. The van der Waals surface area contributed by atoms with Crippen LogP contribution in [0.15, 0.2) is 12.1 Å². The van der Waals surface area contributed by atoms with Crippen LogP contribution in [0.3, 0.4) is 0 Å². The molecule has 1 aliphatic carbocycles. The number of anilines is 2. The van der Waals surface area contributed by atoms with Crippen molar-refractivity contribution in [2.75, 3.05) is 17.2 Å². The number of hydrogen-bond donors (Lipinski definition) is 1. The summed E-state index contributed by atoms with van der Waals surface area (Å²) in [4.78, 5) is 1.82. The van der Waals surface area contributed by atoms with E-state index >= 15 is 0 Å². The van der Waals surface area contributed by atoms with Gasteiger partial charge in [-0.05, 0) is 31.4 Å². The molecule has 0 radical (unpaired) electrons. The SMILES string of the molecule is CCCN(c1c(F)cc(N)cc1F)C1CC1. The van der Waals surface area contributed by atoms with Crippen molar-refractivity contribution in [3.63, 3.8) is 0 Å². The maximum atomic E-state index is 13.7. The van der Waals surface area contributed by atoms with Gasteiger partial charge in [0.2, 0.25) is 0 Å². The van der Waals surface area contributed by atoms with Crippen molar-refractivity contribution in [3.05, 3.63) is 23.8 Å². The van der Waals surface area contributed by atoms with Gasteiger partial charge in [-0.15, -0.1) is 0 Å². The lowest BCUT2D eigenvalue weighted by Gasteiger charge is -2.25. The Morgan fingerprint density at radius 1 is 1.31 bits per heavy atom. The third kappa shape index (κ3) is 2.10. The fourth-order valence-corrected chi connectivity index (χ4v) is 1.96. The largest absolute Gasteiger partial charge is 0.399 e. The lowest BCUT2D eigenvalue weighted by Crippen LogP contribution is -2.28. The molecule has 1 saturated carbocycles. The summed E-state index contributed by atoms with van der Waals surface area (Å²) in [6.45, 7) is 2.69. The first-order chi connectivity index (χ1) is 7.63. The highest BCUT2D eigenvalue weighted by Gasteiger charge is 2.31. The van der Waals surface area contributed by atoms with Gasteiger partial charge in [0.1, 0.15) is 5.69 Å². The van der Waals surface area contributed by atoms with Crippen molar-refractivity contribution >= 4 is 11.4 Å². The van der Waals surface area contributed by atoms with Gasteiger partial charge in [-0.2, -0.15) is 0 Å². The number of halogens is 2. The van der Waals surface area contributed by atoms with E-state index in [1.54, 1.807) is 0 Å². The van der Waals surface area contributed by atoms with E-state index in [9.17, 15) is 8.78 Å². The molecular formula is C12H16F2N2. The standard InChI is InChI=1S/C12H16F2N2/c1-2-5-16(9-3-4-9)12-10(13)6-8(15)7-11(12)14/h6-7,9H,2-5,15H2,1H3. The van der Waals surface area contributed by atoms with Crippen molar-refractivity contribution in [2.24, 2.45) is 0 Å². The second-order valence-corrected chi connectivity index (χ2v) is 4.26. The van der Waals surface area contributed by atoms with Crippen LogP contribution in [0.1, 0.15) is 26.2 Å². The van der Waals surface area contributed by atoms with E-state index < -0.39 is 11.6 Å². The van der Waals surface area contributed by atoms with Crippen molar-refractivity contribution in [3.8, 4) is 0 Å². The molecule has 2 N–H and O–H groups in total. The molecule has 0 atom stereocenters. The highest BCUT2D eigenvalue weighted by Crippen LogP contribution is 2.35. The van der Waals surface area contributed by atoms with Crippen LogP contribution in [-0.2, 0) is 0 Å². The molecule has 16 heavy (non-hydrogen) atoms. The molecule has 0 aliphatic heterocycles. The monoisotopic (exact) mass is 226 g/mol. The van der Waals surface area contributed by atoms with Gasteiger partial charge >= 0.3 is 0 Å². The highest BCUT2D eigenvalue weighted by atomic mass is 19.1. The molecule has 88 valence electrons. The molecule has 0 bridgehead atoms. The lowest BCUT2D eigenvalue weighted by molar-refractivity contribution is 0.568. The lowest BCUT2D eigenvalue weighted by atomic mass is 10.2. The number of rotatable bonds is 4. The molecule has 1 aliphatic rings. The van der Waals surface area contributed by atoms with Gasteiger partial charge in [-0.1, -0.05) is 6.92 Å².